The SMILES string of the molecule is FCC1(c2ccc(-c3cncc(-c4ccc(C5(C(F)(F)F)N=N5)cc4)c3)cc2)N=N1. The Kier molecular flexibility index (Phi) is 3.86. The second kappa shape index (κ2) is 6.25. The molecule has 0 spiro atoms. The summed E-state index contributed by atoms with van der Waals surface area (Å²) in [6.07, 6.45) is -1.23. The second-order valence-corrected chi connectivity index (χ2v) is 7.14. The maximum Gasteiger partial charge on any atom is 0.442 e. The van der Waals surface area contributed by atoms with Crippen molar-refractivity contribution < 1.29 is 17.6 Å². The molecule has 3 heterocycles. The van der Waals surface area contributed by atoms with Gasteiger partial charge in [0.05, 0.1) is 0 Å². The molecule has 5 nitrogen and oxygen atoms in total. The smallest absolute Gasteiger partial charge is 0.263 e. The molecule has 0 atom stereocenters. The van der Waals surface area contributed by atoms with E-state index in [-0.39, 0.29) is 5.56 Å². The molecule has 150 valence electrons. The number of nitrogens with zero attached hydrogens (tertiary/aromatic N) is 5. The van der Waals surface area contributed by atoms with Gasteiger partial charge in [-0.1, -0.05) is 48.5 Å². The van der Waals surface area contributed by atoms with E-state index in [0.717, 1.165) is 22.3 Å². The molecular weight excluding hydrogens is 398 g/mol. The van der Waals surface area contributed by atoms with E-state index in [4.69, 9.17) is 0 Å². The summed E-state index contributed by atoms with van der Waals surface area (Å²) < 4.78 is 52.5. The molecule has 0 saturated heterocycles. The highest BCUT2D eigenvalue weighted by atomic mass is 19.4. The Hall–Kier alpha value is -3.49. The Morgan fingerprint density at radius 2 is 1.17 bits per heavy atom. The number of hydrogen-bond acceptors (Lipinski definition) is 5. The highest BCUT2D eigenvalue weighted by molar-refractivity contribution is 5.72. The third kappa shape index (κ3) is 2.89. The maximum absolute atomic E-state index is 13.1. The predicted molar refractivity (Wildman–Crippen MR) is 100 cm³/mol. The lowest BCUT2D eigenvalue weighted by Crippen LogP contribution is -2.29. The van der Waals surface area contributed by atoms with E-state index in [1.54, 1.807) is 36.7 Å². The minimum atomic E-state index is -4.55. The zero-order chi connectivity index (χ0) is 21.0. The van der Waals surface area contributed by atoms with Gasteiger partial charge in [0.15, 0.2) is 0 Å². The van der Waals surface area contributed by atoms with Crippen molar-refractivity contribution in [1.82, 2.24) is 4.98 Å². The quantitative estimate of drug-likeness (QED) is 0.462. The fourth-order valence-corrected chi connectivity index (χ4v) is 3.33. The topological polar surface area (TPSA) is 62.3 Å². The lowest BCUT2D eigenvalue weighted by atomic mass is 9.96. The lowest BCUT2D eigenvalue weighted by Gasteiger charge is -2.15. The molecule has 0 amide bonds. The van der Waals surface area contributed by atoms with Gasteiger partial charge in [0.1, 0.15) is 6.67 Å². The summed E-state index contributed by atoms with van der Waals surface area (Å²) >= 11 is 0. The summed E-state index contributed by atoms with van der Waals surface area (Å²) in [6.45, 7) is -0.671. The standard InChI is InChI=1S/C21H13F4N5/c22-12-19(27-28-19)17-5-1-13(2-6-17)15-9-16(11-26-10-15)14-3-7-18(8-4-14)20(29-30-20)21(23,24)25/h1-11H,12H2. The van der Waals surface area contributed by atoms with E-state index < -0.39 is 24.2 Å². The molecule has 9 heteroatoms. The van der Waals surface area contributed by atoms with E-state index >= 15 is 0 Å². The highest BCUT2D eigenvalue weighted by Crippen LogP contribution is 2.52. The first-order valence-corrected chi connectivity index (χ1v) is 9.05. The Labute approximate surface area is 168 Å². The molecule has 2 aromatic carbocycles. The summed E-state index contributed by atoms with van der Waals surface area (Å²) in [5, 5.41) is 14.0. The first-order chi connectivity index (χ1) is 14.4. The van der Waals surface area contributed by atoms with Crippen LogP contribution in [0.25, 0.3) is 22.3 Å². The molecule has 0 aliphatic carbocycles. The van der Waals surface area contributed by atoms with Gasteiger partial charge >= 0.3 is 11.8 Å². The first kappa shape index (κ1) is 18.5. The molecular formula is C21H13F4N5. The molecule has 0 N–H and O–H groups in total. The van der Waals surface area contributed by atoms with Gasteiger partial charge in [-0.2, -0.15) is 23.4 Å². The summed E-state index contributed by atoms with van der Waals surface area (Å²) in [5.41, 5.74) is 0.348. The van der Waals surface area contributed by atoms with Gasteiger partial charge in [-0.3, -0.25) is 4.98 Å². The van der Waals surface area contributed by atoms with E-state index in [1.807, 2.05) is 18.2 Å². The Morgan fingerprint density at radius 3 is 1.57 bits per heavy atom. The van der Waals surface area contributed by atoms with Crippen LogP contribution in [-0.4, -0.2) is 17.8 Å². The van der Waals surface area contributed by atoms with E-state index in [0.29, 0.717) is 5.56 Å². The van der Waals surface area contributed by atoms with Crippen molar-refractivity contribution in [3.8, 4) is 22.3 Å². The number of hydrogen-bond donors (Lipinski definition) is 0. The van der Waals surface area contributed by atoms with Gasteiger partial charge in [0.2, 0.25) is 5.66 Å². The van der Waals surface area contributed by atoms with Gasteiger partial charge in [0, 0.05) is 34.6 Å². The number of halogens is 4. The third-order valence-corrected chi connectivity index (χ3v) is 5.26. The van der Waals surface area contributed by atoms with Crippen LogP contribution in [0, 0.1) is 0 Å². The second-order valence-electron chi connectivity index (χ2n) is 7.14. The predicted octanol–water partition coefficient (Wildman–Crippen LogP) is 6.18. The van der Waals surface area contributed by atoms with Crippen LogP contribution in [0.3, 0.4) is 0 Å². The van der Waals surface area contributed by atoms with Crippen molar-refractivity contribution in [2.45, 2.75) is 17.5 Å². The summed E-state index contributed by atoms with van der Waals surface area (Å²) in [7, 11) is 0. The van der Waals surface area contributed by atoms with Crippen molar-refractivity contribution in [2.24, 2.45) is 20.5 Å². The van der Waals surface area contributed by atoms with Crippen molar-refractivity contribution in [1.29, 1.82) is 0 Å². The van der Waals surface area contributed by atoms with Crippen LogP contribution in [0.4, 0.5) is 17.6 Å². The van der Waals surface area contributed by atoms with Crippen molar-refractivity contribution in [3.63, 3.8) is 0 Å². The monoisotopic (exact) mass is 411 g/mol. The minimum Gasteiger partial charge on any atom is -0.263 e. The Morgan fingerprint density at radius 1 is 0.667 bits per heavy atom. The molecule has 0 fully saturated rings. The maximum atomic E-state index is 13.1. The van der Waals surface area contributed by atoms with E-state index in [1.165, 1.54) is 12.1 Å². The molecule has 30 heavy (non-hydrogen) atoms. The van der Waals surface area contributed by atoms with Gasteiger partial charge in [-0.05, 0) is 17.2 Å². The molecule has 2 aliphatic heterocycles. The zero-order valence-electron chi connectivity index (χ0n) is 15.3. The van der Waals surface area contributed by atoms with Crippen LogP contribution in [0.2, 0.25) is 0 Å². The van der Waals surface area contributed by atoms with E-state index in [2.05, 4.69) is 25.4 Å². The first-order valence-electron chi connectivity index (χ1n) is 9.05. The fourth-order valence-electron chi connectivity index (χ4n) is 3.33. The fraction of sp³-hybridized carbons (Fsp3) is 0.190. The van der Waals surface area contributed by atoms with Gasteiger partial charge in [0.25, 0.3) is 0 Å². The van der Waals surface area contributed by atoms with Crippen molar-refractivity contribution >= 4 is 0 Å². The van der Waals surface area contributed by atoms with Crippen LogP contribution in [0.1, 0.15) is 11.1 Å². The summed E-state index contributed by atoms with van der Waals surface area (Å²) in [6, 6.07) is 15.1. The Bertz CT molecular complexity index is 1160. The van der Waals surface area contributed by atoms with Crippen LogP contribution in [0.5, 0.6) is 0 Å². The molecule has 0 saturated carbocycles. The van der Waals surface area contributed by atoms with Crippen LogP contribution in [0.15, 0.2) is 87.4 Å². The molecule has 0 bridgehead atoms. The molecule has 5 rings (SSSR count). The summed E-state index contributed by atoms with van der Waals surface area (Å²) in [5.74, 6) is 0. The molecule has 1 aromatic heterocycles. The van der Waals surface area contributed by atoms with Crippen molar-refractivity contribution in [3.05, 3.63) is 78.1 Å². The number of alkyl halides is 4. The highest BCUT2D eigenvalue weighted by Gasteiger charge is 2.65. The number of aromatic nitrogens is 1. The largest absolute Gasteiger partial charge is 0.442 e. The van der Waals surface area contributed by atoms with E-state index in [9.17, 15) is 17.6 Å². The molecule has 0 unspecified atom stereocenters. The van der Waals surface area contributed by atoms with Crippen LogP contribution >= 0.6 is 0 Å². The normalized spacial score (nSPS) is 17.7. The molecule has 2 aliphatic rings. The number of benzene rings is 2. The Balaban J connectivity index is 1.40. The van der Waals surface area contributed by atoms with Crippen LogP contribution in [-0.2, 0) is 11.3 Å². The average Bonchev–Trinajstić information content (AvgIpc) is 3.68. The summed E-state index contributed by atoms with van der Waals surface area (Å²) in [4.78, 5) is 4.25. The third-order valence-electron chi connectivity index (χ3n) is 5.26. The van der Waals surface area contributed by atoms with Gasteiger partial charge < -0.3 is 0 Å². The van der Waals surface area contributed by atoms with Crippen LogP contribution < -0.4 is 0 Å². The van der Waals surface area contributed by atoms with Gasteiger partial charge in [-0.25, -0.2) is 4.39 Å². The number of pyridine rings is 1. The van der Waals surface area contributed by atoms with Gasteiger partial charge in [-0.15, -0.1) is 10.2 Å². The number of rotatable bonds is 5. The molecule has 3 aromatic rings. The average molecular weight is 411 g/mol. The lowest BCUT2D eigenvalue weighted by molar-refractivity contribution is -0.166. The molecule has 0 radical (unpaired) electrons. The zero-order valence-corrected chi connectivity index (χ0v) is 15.3. The van der Waals surface area contributed by atoms with Crippen molar-refractivity contribution in [2.75, 3.05) is 6.67 Å². The minimum absolute atomic E-state index is 0.0175.